The third-order valence-electron chi connectivity index (χ3n) is 24.3. The van der Waals surface area contributed by atoms with Gasteiger partial charge in [-0.2, -0.15) is 39.9 Å². The van der Waals surface area contributed by atoms with Crippen molar-refractivity contribution in [2.75, 3.05) is 129 Å². The van der Waals surface area contributed by atoms with E-state index < -0.39 is 11.6 Å². The van der Waals surface area contributed by atoms with E-state index in [1.165, 1.54) is 25.4 Å². The Hall–Kier alpha value is -14.6. The van der Waals surface area contributed by atoms with E-state index in [1.54, 1.807) is 107 Å². The molecule has 646 valence electrons. The molecule has 23 rings (SSSR count). The predicted molar refractivity (Wildman–Crippen MR) is 482 cm³/mol. The lowest BCUT2D eigenvalue weighted by Crippen LogP contribution is -2.46. The molecule has 16 heterocycles. The topological polar surface area (TPSA) is 474 Å². The predicted octanol–water partition coefficient (Wildman–Crippen LogP) is 13.9. The van der Waals surface area contributed by atoms with Crippen molar-refractivity contribution in [3.05, 3.63) is 168 Å². The Balaban J connectivity index is 0.000000107. The number of aromatic nitrogens is 17. The van der Waals surface area contributed by atoms with Crippen LogP contribution in [0.4, 0.5) is 65.0 Å². The number of fused-ring (bicyclic) bond motifs is 15. The van der Waals surface area contributed by atoms with Gasteiger partial charge in [-0.1, -0.05) is 23.2 Å². The Morgan fingerprint density at radius 1 is 0.425 bits per heavy atom. The van der Waals surface area contributed by atoms with Crippen molar-refractivity contribution >= 4 is 163 Å². The van der Waals surface area contributed by atoms with Crippen LogP contribution in [0.25, 0.3) is 99.0 Å². The first-order chi connectivity index (χ1) is 61.6. The van der Waals surface area contributed by atoms with Crippen molar-refractivity contribution in [1.29, 1.82) is 0 Å². The molecule has 6 fully saturated rings. The van der Waals surface area contributed by atoms with Crippen molar-refractivity contribution in [3.63, 3.8) is 0 Å². The number of aromatic amines is 4. The zero-order chi connectivity index (χ0) is 87.5. The maximum Gasteiger partial charge on any atom is 0.326 e. The summed E-state index contributed by atoms with van der Waals surface area (Å²) in [4.78, 5) is 77.6. The number of anilines is 9. The van der Waals surface area contributed by atoms with Crippen molar-refractivity contribution in [2.24, 2.45) is 52.7 Å². The number of nitrogens with two attached hydrogens (primary N) is 5. The van der Waals surface area contributed by atoms with E-state index in [0.29, 0.717) is 189 Å². The number of hydrogen-bond acceptors (Lipinski definition) is 31. The fourth-order valence-electron chi connectivity index (χ4n) is 17.8. The maximum atomic E-state index is 15.0. The number of halogens is 5. The van der Waals surface area contributed by atoms with Gasteiger partial charge in [0.15, 0.2) is 11.6 Å². The Morgan fingerprint density at radius 3 is 1.30 bits per heavy atom. The molecule has 7 atom stereocenters. The van der Waals surface area contributed by atoms with Gasteiger partial charge in [-0.3, -0.25) is 4.98 Å². The Bertz CT molecular complexity index is 7100. The van der Waals surface area contributed by atoms with Crippen LogP contribution < -0.4 is 93.1 Å². The normalized spacial score (nSPS) is 19.3. The SMILES string of the molecule is CNc1cc(Cl)cc2c1[nH]c1nc(Oc3ccc(N)nc3)nc(N3CC4C(N)C4C3)c12.CNc1cc(Cl)cc2c1[nH]c1nc(Oc3ccc(N)nc3)nc(N3CC4[C@@H](C[C@@H]4N)C3)c12.CNc1cc(F)c(F)c2c1[nH]c1nc(Oc3cccnc3)nc(N3CC4C(N)C4C3)c12.CNc1cc(F)cc2c1[nH]c1nc(Oc3ccc(OC)nc3)nc(-c3ccc(OC)nc3)c12. The highest BCUT2D eigenvalue weighted by molar-refractivity contribution is 6.33. The van der Waals surface area contributed by atoms with E-state index in [2.05, 4.69) is 111 Å². The summed E-state index contributed by atoms with van der Waals surface area (Å²) in [7, 11) is 10.2. The number of benzene rings is 4. The molecular formula is C87H82Cl2F3N29O6. The minimum absolute atomic E-state index is 0.0957. The quantitative estimate of drug-likeness (QED) is 0.0379. The molecule has 0 amide bonds. The second-order valence-corrected chi connectivity index (χ2v) is 32.6. The number of pyridine rings is 5. The van der Waals surface area contributed by atoms with Crippen molar-refractivity contribution in [3.8, 4) is 70.1 Å². The average Bonchev–Trinajstić information content (AvgIpc) is 1.65. The first-order valence-electron chi connectivity index (χ1n) is 40.7. The van der Waals surface area contributed by atoms with Gasteiger partial charge in [0.2, 0.25) is 11.8 Å². The van der Waals surface area contributed by atoms with Crippen LogP contribution in [0.1, 0.15) is 6.42 Å². The van der Waals surface area contributed by atoms with E-state index in [1.807, 2.05) is 44.4 Å². The Labute approximate surface area is 729 Å². The minimum atomic E-state index is -0.939. The maximum absolute atomic E-state index is 15.0. The van der Waals surface area contributed by atoms with E-state index in [4.69, 9.17) is 90.3 Å². The van der Waals surface area contributed by atoms with E-state index in [9.17, 15) is 13.2 Å². The van der Waals surface area contributed by atoms with Crippen LogP contribution in [0.15, 0.2) is 140 Å². The summed E-state index contributed by atoms with van der Waals surface area (Å²) in [5.41, 5.74) is 39.1. The lowest BCUT2D eigenvalue weighted by molar-refractivity contribution is 0.194. The molecule has 13 aromatic heterocycles. The molecule has 40 heteroatoms. The fourth-order valence-corrected chi connectivity index (χ4v) is 18.2. The van der Waals surface area contributed by atoms with E-state index in [0.717, 1.165) is 94.3 Å². The summed E-state index contributed by atoms with van der Waals surface area (Å²) in [6.45, 7) is 4.92. The highest BCUT2D eigenvalue weighted by Gasteiger charge is 2.55. The summed E-state index contributed by atoms with van der Waals surface area (Å²) in [5.74, 6) is 6.48. The first-order valence-corrected chi connectivity index (χ1v) is 41.5. The highest BCUT2D eigenvalue weighted by atomic mass is 35.5. The monoisotopic (exact) mass is 1760 g/mol. The zero-order valence-electron chi connectivity index (χ0n) is 68.8. The molecular weight excluding hydrogens is 1680 g/mol. The van der Waals surface area contributed by atoms with Crippen LogP contribution in [0.2, 0.25) is 10.0 Å². The van der Waals surface area contributed by atoms with Crippen molar-refractivity contribution in [2.45, 2.75) is 24.5 Å². The number of nitrogens with zero attached hydrogens (tertiary/aromatic N) is 16. The average molecular weight is 1760 g/mol. The summed E-state index contributed by atoms with van der Waals surface area (Å²) < 4.78 is 77.5. The van der Waals surface area contributed by atoms with Crippen LogP contribution in [0.3, 0.4) is 0 Å². The van der Waals surface area contributed by atoms with Gasteiger partial charge in [-0.15, -0.1) is 0 Å². The first kappa shape index (κ1) is 80.8. The number of nitrogen functional groups attached to an aromatic ring is 2. The minimum Gasteiger partial charge on any atom is -0.481 e. The largest absolute Gasteiger partial charge is 0.481 e. The molecule has 3 saturated heterocycles. The van der Waals surface area contributed by atoms with E-state index in [-0.39, 0.29) is 47.3 Å². The standard InChI is InChI=1S/C23H19FN6O3.C22H23ClN8O.C21H21ClN8O.C21H19F2N7O/c1-25-16-9-13(24)8-15-19-20(12-4-6-17(31-2)26-10-12)29-23(30-22(19)28-21(15)16)33-14-5-7-18(32-3)27-11-14;1-26-16-6-11(23)5-13-18-20(28-19(13)16)29-22(32-12-2-3-17(25)27-7-12)30-21(18)31-8-10-4-15(24)14(10)9-31;1-25-14-5-9(22)4-11-16-19(27-18(11)14)28-21(31-10-2-3-15(23)26-6-10)29-20(16)30-7-12-13(8-30)17(12)24;1-25-13-5-12(22)16(23)14-15-19(27-18(13)14)28-21(31-9-3-2-4-26-6-9)29-20(15)30-7-10-11(8-30)17(10)24/h4-11,25H,1-3H3,(H,28,29,30);2-3,5-7,10,14-15,26H,4,8-9,24H2,1H3,(H2,25,27)(H,28,29,30);2-6,12-13,17,25H,7-8,24H2,1H3,(H2,23,26)(H,27,28,29);2-6,10-11,17,25H,7-8,24H2,1H3,(H,27,28,29)/t;10-,14?,15-;;/m.0../s1. The van der Waals surface area contributed by atoms with Gasteiger partial charge in [0.25, 0.3) is 0 Å². The molecule has 0 radical (unpaired) electrons. The van der Waals surface area contributed by atoms with Crippen molar-refractivity contribution in [1.82, 2.24) is 84.7 Å². The molecule has 3 aliphatic carbocycles. The van der Waals surface area contributed by atoms with Gasteiger partial charge in [-0.05, 0) is 127 Å². The lowest BCUT2D eigenvalue weighted by Gasteiger charge is -2.36. The fraction of sp³-hybridized carbons (Fsp3) is 0.253. The lowest BCUT2D eigenvalue weighted by atomic mass is 9.72. The number of rotatable bonds is 18. The molecule has 3 aliphatic heterocycles. The molecule has 0 spiro atoms. The Kier molecular flexibility index (Phi) is 20.7. The summed E-state index contributed by atoms with van der Waals surface area (Å²) in [5, 5.41) is 19.2. The second-order valence-electron chi connectivity index (χ2n) is 31.7. The summed E-state index contributed by atoms with van der Waals surface area (Å²) in [6.07, 6.45) is 10.5. The molecule has 17 aromatic rings. The second kappa shape index (κ2) is 32.5. The van der Waals surface area contributed by atoms with Gasteiger partial charge in [0.05, 0.1) is 116 Å². The molecule has 4 aromatic carbocycles. The summed E-state index contributed by atoms with van der Waals surface area (Å²) >= 11 is 12.8. The van der Waals surface area contributed by atoms with Crippen molar-refractivity contribution < 1.29 is 41.6 Å². The smallest absolute Gasteiger partial charge is 0.326 e. The van der Waals surface area contributed by atoms with Crippen LogP contribution in [-0.2, 0) is 0 Å². The third-order valence-corrected chi connectivity index (χ3v) is 24.7. The molecule has 6 aliphatic rings. The van der Waals surface area contributed by atoms with Crippen LogP contribution in [-0.4, -0.2) is 185 Å². The van der Waals surface area contributed by atoms with Gasteiger partial charge >= 0.3 is 24.0 Å². The highest BCUT2D eigenvalue weighted by Crippen LogP contribution is 2.52. The van der Waals surface area contributed by atoms with Gasteiger partial charge in [0, 0.05) is 148 Å². The number of hydrogen-bond donors (Lipinski definition) is 13. The number of methoxy groups -OCH3 is 2. The zero-order valence-corrected chi connectivity index (χ0v) is 70.3. The number of ether oxygens (including phenoxy) is 6. The molecule has 0 bridgehead atoms. The van der Waals surface area contributed by atoms with E-state index >= 15 is 0 Å². The van der Waals surface area contributed by atoms with Crippen LogP contribution in [0, 0.1) is 53.0 Å². The van der Waals surface area contributed by atoms with Crippen LogP contribution >= 0.6 is 23.2 Å². The van der Waals surface area contributed by atoms with Crippen LogP contribution in [0.5, 0.6) is 58.8 Å². The number of piperidine rings is 2. The summed E-state index contributed by atoms with van der Waals surface area (Å²) in [6, 6.07) is 30.3. The molecule has 35 nitrogen and oxygen atoms in total. The van der Waals surface area contributed by atoms with Gasteiger partial charge in [0.1, 0.15) is 80.5 Å². The number of H-pyrrole nitrogens is 4. The Morgan fingerprint density at radius 2 is 0.850 bits per heavy atom. The number of nitrogens with one attached hydrogen (secondary N) is 8. The van der Waals surface area contributed by atoms with Gasteiger partial charge < -0.3 is 113 Å². The molecule has 18 N–H and O–H groups in total. The molecule has 5 unspecified atom stereocenters. The molecule has 3 saturated carbocycles. The van der Waals surface area contributed by atoms with Gasteiger partial charge in [-0.25, -0.2) is 33.1 Å². The third kappa shape index (κ3) is 15.1. The molecule has 127 heavy (non-hydrogen) atoms.